The molecule has 1 aliphatic heterocycles. The van der Waals surface area contributed by atoms with E-state index >= 15 is 0 Å². The first-order valence-electron chi connectivity index (χ1n) is 7.63. The van der Waals surface area contributed by atoms with Crippen molar-refractivity contribution >= 4 is 11.6 Å². The van der Waals surface area contributed by atoms with Gasteiger partial charge < -0.3 is 9.88 Å². The summed E-state index contributed by atoms with van der Waals surface area (Å²) >= 11 is 0. The van der Waals surface area contributed by atoms with E-state index < -0.39 is 5.69 Å². The first kappa shape index (κ1) is 15.3. The molecule has 1 aliphatic rings. The van der Waals surface area contributed by atoms with Crippen LogP contribution in [0.3, 0.4) is 0 Å². The molecular formula is C15H19N5O3. The molecule has 0 amide bonds. The second-order valence-corrected chi connectivity index (χ2v) is 5.76. The number of hydrogen-bond donors (Lipinski definition) is 2. The monoisotopic (exact) mass is 317 g/mol. The standard InChI is InChI=1S/C15H19N5O3/c1-4-5-6-20-11-9(13(21)17-8(2)16-11)7-10-12(20)18-15(23)19(3)14(10)22/h4-7H2,1-3H3,(H,18,23)(H,16,17,21). The number of aromatic nitrogens is 4. The fraction of sp³-hybridized carbons (Fsp3) is 0.467. The van der Waals surface area contributed by atoms with Gasteiger partial charge in [-0.1, -0.05) is 13.3 Å². The Balaban J connectivity index is 2.30. The molecule has 23 heavy (non-hydrogen) atoms. The van der Waals surface area contributed by atoms with Crippen molar-refractivity contribution in [2.24, 2.45) is 7.05 Å². The second kappa shape index (κ2) is 5.53. The predicted molar refractivity (Wildman–Crippen MR) is 86.6 cm³/mol. The number of nitrogens with one attached hydrogen (secondary N) is 2. The zero-order valence-corrected chi connectivity index (χ0v) is 13.4. The van der Waals surface area contributed by atoms with Gasteiger partial charge in [-0.25, -0.2) is 9.78 Å². The van der Waals surface area contributed by atoms with E-state index in [2.05, 4.69) is 21.9 Å². The molecule has 0 aromatic carbocycles. The summed E-state index contributed by atoms with van der Waals surface area (Å²) in [7, 11) is 1.42. The van der Waals surface area contributed by atoms with Gasteiger partial charge in [0, 0.05) is 20.0 Å². The van der Waals surface area contributed by atoms with Crippen molar-refractivity contribution < 1.29 is 0 Å². The summed E-state index contributed by atoms with van der Waals surface area (Å²) in [6.45, 7) is 4.34. The van der Waals surface area contributed by atoms with Crippen LogP contribution in [0.1, 0.15) is 36.7 Å². The van der Waals surface area contributed by atoms with Crippen LogP contribution >= 0.6 is 0 Å². The van der Waals surface area contributed by atoms with E-state index in [0.717, 1.165) is 17.4 Å². The lowest BCUT2D eigenvalue weighted by Crippen LogP contribution is -2.41. The zero-order chi connectivity index (χ0) is 16.7. The predicted octanol–water partition coefficient (Wildman–Crippen LogP) is 0.308. The maximum absolute atomic E-state index is 12.4. The van der Waals surface area contributed by atoms with Gasteiger partial charge in [0.25, 0.3) is 11.1 Å². The summed E-state index contributed by atoms with van der Waals surface area (Å²) in [5, 5.41) is 0. The molecule has 0 fully saturated rings. The van der Waals surface area contributed by atoms with Crippen molar-refractivity contribution in [3.8, 4) is 0 Å². The summed E-state index contributed by atoms with van der Waals surface area (Å²) in [5.41, 5.74) is -0.209. The third kappa shape index (κ3) is 2.39. The number of H-pyrrole nitrogens is 2. The SMILES string of the molecule is CCCCN1c2nc(C)[nH]c(=O)c2Cc2c1[nH]c(=O)n(C)c2=O. The number of anilines is 2. The fourth-order valence-electron chi connectivity index (χ4n) is 2.84. The van der Waals surface area contributed by atoms with E-state index in [-0.39, 0.29) is 17.5 Å². The van der Waals surface area contributed by atoms with Crippen molar-refractivity contribution in [3.63, 3.8) is 0 Å². The minimum Gasteiger partial charge on any atom is -0.312 e. The second-order valence-electron chi connectivity index (χ2n) is 5.76. The van der Waals surface area contributed by atoms with Crippen LogP contribution in [0.5, 0.6) is 0 Å². The quantitative estimate of drug-likeness (QED) is 0.848. The van der Waals surface area contributed by atoms with Gasteiger partial charge >= 0.3 is 5.69 Å². The summed E-state index contributed by atoms with van der Waals surface area (Å²) in [6.07, 6.45) is 1.96. The van der Waals surface area contributed by atoms with Crippen molar-refractivity contribution in [1.29, 1.82) is 0 Å². The van der Waals surface area contributed by atoms with Crippen LogP contribution in [0.15, 0.2) is 14.4 Å². The number of unbranched alkanes of at least 4 members (excludes halogenated alkanes) is 1. The Labute approximate surface area is 131 Å². The molecule has 0 saturated heterocycles. The molecule has 0 aliphatic carbocycles. The minimum absolute atomic E-state index is 0.166. The fourth-order valence-corrected chi connectivity index (χ4v) is 2.84. The molecule has 3 rings (SSSR count). The van der Waals surface area contributed by atoms with E-state index in [4.69, 9.17) is 0 Å². The zero-order valence-electron chi connectivity index (χ0n) is 13.4. The lowest BCUT2D eigenvalue weighted by molar-refractivity contribution is 0.711. The van der Waals surface area contributed by atoms with Gasteiger partial charge in [-0.15, -0.1) is 0 Å². The molecule has 3 heterocycles. The summed E-state index contributed by atoms with van der Waals surface area (Å²) in [6, 6.07) is 0. The van der Waals surface area contributed by atoms with Crippen molar-refractivity contribution in [2.45, 2.75) is 33.1 Å². The van der Waals surface area contributed by atoms with E-state index in [9.17, 15) is 14.4 Å². The van der Waals surface area contributed by atoms with Gasteiger partial charge in [0.2, 0.25) is 0 Å². The summed E-state index contributed by atoms with van der Waals surface area (Å²) in [4.78, 5) is 48.3. The molecule has 2 aromatic rings. The molecule has 2 N–H and O–H groups in total. The smallest absolute Gasteiger partial charge is 0.312 e. The molecule has 0 radical (unpaired) electrons. The van der Waals surface area contributed by atoms with Gasteiger partial charge in [0.05, 0.1) is 11.1 Å². The molecule has 0 atom stereocenters. The van der Waals surface area contributed by atoms with Crippen LogP contribution in [0.4, 0.5) is 11.6 Å². The first-order valence-corrected chi connectivity index (χ1v) is 7.63. The Bertz CT molecular complexity index is 938. The maximum Gasteiger partial charge on any atom is 0.329 e. The molecule has 0 saturated carbocycles. The summed E-state index contributed by atoms with van der Waals surface area (Å²) < 4.78 is 1.03. The third-order valence-corrected chi connectivity index (χ3v) is 4.11. The van der Waals surface area contributed by atoms with Crippen LogP contribution in [-0.4, -0.2) is 26.1 Å². The van der Waals surface area contributed by atoms with E-state index in [1.54, 1.807) is 11.8 Å². The van der Waals surface area contributed by atoms with Crippen LogP contribution in [0.2, 0.25) is 0 Å². The number of hydrogen-bond acceptors (Lipinski definition) is 5. The van der Waals surface area contributed by atoms with Crippen LogP contribution < -0.4 is 21.7 Å². The lowest BCUT2D eigenvalue weighted by atomic mass is 10.0. The third-order valence-electron chi connectivity index (χ3n) is 4.11. The molecule has 0 unspecified atom stereocenters. The lowest BCUT2D eigenvalue weighted by Gasteiger charge is -2.30. The Hall–Kier alpha value is -2.64. The van der Waals surface area contributed by atoms with E-state index in [1.165, 1.54) is 7.05 Å². The Morgan fingerprint density at radius 1 is 1.17 bits per heavy atom. The normalized spacial score (nSPS) is 12.9. The summed E-state index contributed by atoms with van der Waals surface area (Å²) in [5.74, 6) is 1.48. The largest absolute Gasteiger partial charge is 0.329 e. The van der Waals surface area contributed by atoms with Gasteiger partial charge in [-0.2, -0.15) is 0 Å². The highest BCUT2D eigenvalue weighted by Gasteiger charge is 2.29. The number of aryl methyl sites for hydroxylation is 1. The number of nitrogens with zero attached hydrogens (tertiary/aromatic N) is 3. The maximum atomic E-state index is 12.4. The topological polar surface area (TPSA) is 104 Å². The molecule has 8 nitrogen and oxygen atoms in total. The van der Waals surface area contributed by atoms with Crippen LogP contribution in [0, 0.1) is 6.92 Å². The highest BCUT2D eigenvalue weighted by atomic mass is 16.2. The van der Waals surface area contributed by atoms with Gasteiger partial charge in [-0.3, -0.25) is 19.1 Å². The highest BCUT2D eigenvalue weighted by Crippen LogP contribution is 2.32. The molecule has 0 spiro atoms. The molecule has 0 bridgehead atoms. The molecule has 2 aromatic heterocycles. The molecular weight excluding hydrogens is 298 g/mol. The Kier molecular flexibility index (Phi) is 3.67. The van der Waals surface area contributed by atoms with E-state index in [0.29, 0.717) is 35.1 Å². The van der Waals surface area contributed by atoms with Crippen molar-refractivity contribution in [2.75, 3.05) is 11.4 Å². The van der Waals surface area contributed by atoms with Gasteiger partial charge in [0.1, 0.15) is 17.5 Å². The average Bonchev–Trinajstić information content (AvgIpc) is 2.50. The minimum atomic E-state index is -0.472. The van der Waals surface area contributed by atoms with Crippen molar-refractivity contribution in [1.82, 2.24) is 19.5 Å². The Morgan fingerprint density at radius 3 is 2.61 bits per heavy atom. The van der Waals surface area contributed by atoms with Gasteiger partial charge in [0.15, 0.2) is 0 Å². The van der Waals surface area contributed by atoms with Crippen LogP contribution in [0.25, 0.3) is 0 Å². The van der Waals surface area contributed by atoms with Crippen molar-refractivity contribution in [3.05, 3.63) is 48.1 Å². The highest BCUT2D eigenvalue weighted by molar-refractivity contribution is 5.67. The van der Waals surface area contributed by atoms with Crippen LogP contribution in [-0.2, 0) is 13.5 Å². The average molecular weight is 317 g/mol. The number of aromatic amines is 2. The molecule has 122 valence electrons. The number of fused-ring (bicyclic) bond motifs is 2. The van der Waals surface area contributed by atoms with E-state index in [1.807, 2.05) is 0 Å². The number of rotatable bonds is 3. The molecule has 8 heteroatoms. The van der Waals surface area contributed by atoms with Gasteiger partial charge in [-0.05, 0) is 13.3 Å². The first-order chi connectivity index (χ1) is 10.9. The Morgan fingerprint density at radius 2 is 1.91 bits per heavy atom.